The highest BCUT2D eigenvalue weighted by molar-refractivity contribution is 6.35. The molecule has 0 fully saturated rings. The van der Waals surface area contributed by atoms with E-state index in [4.69, 9.17) is 22.1 Å². The summed E-state index contributed by atoms with van der Waals surface area (Å²) in [6, 6.07) is 10.7. The molecule has 2 N–H and O–H groups in total. The van der Waals surface area contributed by atoms with E-state index in [1.807, 2.05) is 12.1 Å². The molecule has 0 aliphatic heterocycles. The Kier molecular flexibility index (Phi) is 2.93. The van der Waals surface area contributed by atoms with Crippen LogP contribution in [0.25, 0.3) is 10.9 Å². The molecule has 2 aromatic heterocycles. The topological polar surface area (TPSA) is 61.0 Å². The van der Waals surface area contributed by atoms with Gasteiger partial charge >= 0.3 is 0 Å². The van der Waals surface area contributed by atoms with Gasteiger partial charge in [0, 0.05) is 11.6 Å². The molecule has 0 radical (unpaired) electrons. The SMILES string of the molecule is Nc1ccc(Oc2ccc(Cl)c3cccnc23)cn1. The highest BCUT2D eigenvalue weighted by Crippen LogP contribution is 2.32. The first-order chi connectivity index (χ1) is 9.24. The maximum atomic E-state index is 6.13. The molecule has 0 amide bonds. The van der Waals surface area contributed by atoms with E-state index >= 15 is 0 Å². The smallest absolute Gasteiger partial charge is 0.153 e. The number of nitrogens with zero attached hydrogens (tertiary/aromatic N) is 2. The Hall–Kier alpha value is -2.33. The number of anilines is 1. The monoisotopic (exact) mass is 271 g/mol. The van der Waals surface area contributed by atoms with E-state index in [1.54, 1.807) is 36.7 Å². The van der Waals surface area contributed by atoms with E-state index in [0.717, 1.165) is 5.39 Å². The summed E-state index contributed by atoms with van der Waals surface area (Å²) in [6.45, 7) is 0. The highest BCUT2D eigenvalue weighted by Gasteiger charge is 2.07. The summed E-state index contributed by atoms with van der Waals surface area (Å²) in [6.07, 6.45) is 3.27. The van der Waals surface area contributed by atoms with Crippen LogP contribution < -0.4 is 10.5 Å². The number of benzene rings is 1. The van der Waals surface area contributed by atoms with Gasteiger partial charge < -0.3 is 10.5 Å². The Balaban J connectivity index is 2.06. The molecule has 2 heterocycles. The van der Waals surface area contributed by atoms with Crippen molar-refractivity contribution in [3.8, 4) is 11.5 Å². The lowest BCUT2D eigenvalue weighted by atomic mass is 10.2. The van der Waals surface area contributed by atoms with E-state index in [-0.39, 0.29) is 0 Å². The Morgan fingerprint density at radius 1 is 1.05 bits per heavy atom. The van der Waals surface area contributed by atoms with Crippen LogP contribution in [0.1, 0.15) is 0 Å². The molecule has 19 heavy (non-hydrogen) atoms. The normalized spacial score (nSPS) is 10.6. The van der Waals surface area contributed by atoms with Crippen LogP contribution in [-0.2, 0) is 0 Å². The molecule has 1 aromatic carbocycles. The first-order valence-corrected chi connectivity index (χ1v) is 6.04. The number of ether oxygens (including phenoxy) is 1. The fourth-order valence-corrected chi connectivity index (χ4v) is 1.99. The third kappa shape index (κ3) is 2.30. The minimum atomic E-state index is 0.450. The van der Waals surface area contributed by atoms with Gasteiger partial charge in [-0.1, -0.05) is 11.6 Å². The lowest BCUT2D eigenvalue weighted by Crippen LogP contribution is -1.91. The summed E-state index contributed by atoms with van der Waals surface area (Å²) < 4.78 is 5.76. The molecular formula is C14H10ClN3O. The fourth-order valence-electron chi connectivity index (χ4n) is 1.77. The van der Waals surface area contributed by atoms with Crippen molar-refractivity contribution in [3.05, 3.63) is 53.8 Å². The zero-order chi connectivity index (χ0) is 13.2. The third-order valence-corrected chi connectivity index (χ3v) is 3.00. The number of nitrogen functional groups attached to an aromatic ring is 1. The van der Waals surface area contributed by atoms with Gasteiger partial charge in [0.1, 0.15) is 17.1 Å². The summed E-state index contributed by atoms with van der Waals surface area (Å²) >= 11 is 6.13. The maximum absolute atomic E-state index is 6.13. The molecule has 5 heteroatoms. The summed E-state index contributed by atoms with van der Waals surface area (Å²) in [7, 11) is 0. The van der Waals surface area contributed by atoms with Crippen molar-refractivity contribution in [1.29, 1.82) is 0 Å². The third-order valence-electron chi connectivity index (χ3n) is 2.67. The average Bonchev–Trinajstić information content (AvgIpc) is 2.45. The second kappa shape index (κ2) is 4.74. The van der Waals surface area contributed by atoms with Gasteiger partial charge in [-0.3, -0.25) is 4.98 Å². The lowest BCUT2D eigenvalue weighted by Gasteiger charge is -2.08. The molecule has 3 rings (SSSR count). The minimum absolute atomic E-state index is 0.450. The van der Waals surface area contributed by atoms with E-state index in [9.17, 15) is 0 Å². The largest absolute Gasteiger partial charge is 0.453 e. The van der Waals surface area contributed by atoms with E-state index < -0.39 is 0 Å². The number of rotatable bonds is 2. The van der Waals surface area contributed by atoms with Crippen LogP contribution >= 0.6 is 11.6 Å². The van der Waals surface area contributed by atoms with Gasteiger partial charge in [0.05, 0.1) is 11.2 Å². The summed E-state index contributed by atoms with van der Waals surface area (Å²) in [5.41, 5.74) is 6.25. The van der Waals surface area contributed by atoms with Crippen LogP contribution in [0.5, 0.6) is 11.5 Å². The van der Waals surface area contributed by atoms with E-state index in [2.05, 4.69) is 9.97 Å². The van der Waals surface area contributed by atoms with Crippen molar-refractivity contribution >= 4 is 28.3 Å². The molecular weight excluding hydrogens is 262 g/mol. The van der Waals surface area contributed by atoms with Crippen molar-refractivity contribution in [3.63, 3.8) is 0 Å². The molecule has 0 saturated heterocycles. The predicted molar refractivity (Wildman–Crippen MR) is 75.5 cm³/mol. The molecule has 0 unspecified atom stereocenters. The Labute approximate surface area is 114 Å². The van der Waals surface area contributed by atoms with Gasteiger partial charge in [0.2, 0.25) is 0 Å². The lowest BCUT2D eigenvalue weighted by molar-refractivity contribution is 0.485. The van der Waals surface area contributed by atoms with Crippen molar-refractivity contribution in [2.45, 2.75) is 0 Å². The maximum Gasteiger partial charge on any atom is 0.153 e. The molecule has 3 aromatic rings. The van der Waals surface area contributed by atoms with Crippen molar-refractivity contribution in [2.75, 3.05) is 5.73 Å². The van der Waals surface area contributed by atoms with Crippen LogP contribution in [0.15, 0.2) is 48.8 Å². The van der Waals surface area contributed by atoms with Gasteiger partial charge in [-0.15, -0.1) is 0 Å². The number of hydrogen-bond donors (Lipinski definition) is 1. The first-order valence-electron chi connectivity index (χ1n) is 5.66. The summed E-state index contributed by atoms with van der Waals surface area (Å²) in [4.78, 5) is 8.28. The number of fused-ring (bicyclic) bond motifs is 1. The molecule has 0 saturated carbocycles. The summed E-state index contributed by atoms with van der Waals surface area (Å²) in [5.74, 6) is 1.68. The van der Waals surface area contributed by atoms with E-state index in [0.29, 0.717) is 27.9 Å². The van der Waals surface area contributed by atoms with Crippen LogP contribution in [0.3, 0.4) is 0 Å². The Bertz CT molecular complexity index is 728. The quantitative estimate of drug-likeness (QED) is 0.773. The molecule has 0 spiro atoms. The predicted octanol–water partition coefficient (Wildman–Crippen LogP) is 3.66. The first kappa shape index (κ1) is 11.7. The number of aromatic nitrogens is 2. The number of hydrogen-bond acceptors (Lipinski definition) is 4. The molecule has 4 nitrogen and oxygen atoms in total. The Morgan fingerprint density at radius 2 is 1.95 bits per heavy atom. The van der Waals surface area contributed by atoms with Crippen LogP contribution in [0.4, 0.5) is 5.82 Å². The summed E-state index contributed by atoms with van der Waals surface area (Å²) in [5, 5.41) is 1.50. The van der Waals surface area contributed by atoms with E-state index in [1.165, 1.54) is 0 Å². The molecule has 94 valence electrons. The van der Waals surface area contributed by atoms with Crippen molar-refractivity contribution < 1.29 is 4.74 Å². The molecule has 0 bridgehead atoms. The number of halogens is 1. The molecule has 0 aliphatic rings. The Morgan fingerprint density at radius 3 is 2.74 bits per heavy atom. The van der Waals surface area contributed by atoms with Gasteiger partial charge in [0.25, 0.3) is 0 Å². The van der Waals surface area contributed by atoms with Gasteiger partial charge in [0.15, 0.2) is 5.75 Å². The van der Waals surface area contributed by atoms with Gasteiger partial charge in [-0.2, -0.15) is 0 Å². The number of nitrogens with two attached hydrogens (primary N) is 1. The van der Waals surface area contributed by atoms with Crippen LogP contribution in [0.2, 0.25) is 5.02 Å². The average molecular weight is 272 g/mol. The van der Waals surface area contributed by atoms with Crippen molar-refractivity contribution in [1.82, 2.24) is 9.97 Å². The van der Waals surface area contributed by atoms with Gasteiger partial charge in [-0.05, 0) is 36.4 Å². The standard InChI is InChI=1S/C14H10ClN3O/c15-11-4-5-12(14-10(11)2-1-7-17-14)19-9-3-6-13(16)18-8-9/h1-8H,(H2,16,18). The second-order valence-electron chi connectivity index (χ2n) is 3.97. The second-order valence-corrected chi connectivity index (χ2v) is 4.37. The molecule has 0 atom stereocenters. The van der Waals surface area contributed by atoms with Crippen LogP contribution in [-0.4, -0.2) is 9.97 Å². The molecule has 0 aliphatic carbocycles. The zero-order valence-electron chi connectivity index (χ0n) is 9.88. The minimum Gasteiger partial charge on any atom is -0.453 e. The number of pyridine rings is 2. The van der Waals surface area contributed by atoms with Crippen LogP contribution in [0, 0.1) is 0 Å². The highest BCUT2D eigenvalue weighted by atomic mass is 35.5. The zero-order valence-corrected chi connectivity index (χ0v) is 10.6. The fraction of sp³-hybridized carbons (Fsp3) is 0. The van der Waals surface area contributed by atoms with Crippen molar-refractivity contribution in [2.24, 2.45) is 0 Å². The van der Waals surface area contributed by atoms with Gasteiger partial charge in [-0.25, -0.2) is 4.98 Å².